The van der Waals surface area contributed by atoms with Gasteiger partial charge in [0.25, 0.3) is 9.05 Å². The number of thiazole rings is 1. The smallest absolute Gasteiger partial charge is 0.272 e. The van der Waals surface area contributed by atoms with Crippen LogP contribution < -0.4 is 5.32 Å². The first-order chi connectivity index (χ1) is 7.99. The molecule has 1 aromatic rings. The topological polar surface area (TPSA) is 110 Å². The van der Waals surface area contributed by atoms with Crippen LogP contribution in [0.2, 0.25) is 0 Å². The van der Waals surface area contributed by atoms with Gasteiger partial charge in [0.15, 0.2) is 19.2 Å². The summed E-state index contributed by atoms with van der Waals surface area (Å²) in [7, 11) is -2.23. The Kier molecular flexibility index (Phi) is 4.36. The maximum Gasteiger partial charge on any atom is 0.272 e. The summed E-state index contributed by atoms with van der Waals surface area (Å²) in [6.45, 7) is 1.41. The van der Waals surface area contributed by atoms with E-state index in [2.05, 4.69) is 10.3 Å². The Labute approximate surface area is 113 Å². The van der Waals surface area contributed by atoms with Gasteiger partial charge >= 0.3 is 0 Å². The number of hydrogen-bond acceptors (Lipinski definition) is 7. The summed E-state index contributed by atoms with van der Waals surface area (Å²) in [6.07, 6.45) is 0.911. The van der Waals surface area contributed by atoms with Crippen molar-refractivity contribution >= 4 is 51.9 Å². The molecule has 1 heterocycles. The number of aryl methyl sites for hydroxylation is 1. The van der Waals surface area contributed by atoms with Crippen LogP contribution in [0.4, 0.5) is 5.13 Å². The Morgan fingerprint density at radius 1 is 1.39 bits per heavy atom. The van der Waals surface area contributed by atoms with E-state index < -0.39 is 30.5 Å². The summed E-state index contributed by atoms with van der Waals surface area (Å²) in [5.41, 5.74) is 0.143. The van der Waals surface area contributed by atoms with Crippen molar-refractivity contribution in [2.45, 2.75) is 11.1 Å². The molecule has 1 rings (SSSR count). The molecule has 1 amide bonds. The Morgan fingerprint density at radius 2 is 1.94 bits per heavy atom. The minimum Gasteiger partial charge on any atom is -0.301 e. The SMILES string of the molecule is Cc1nc(NC(=O)CS(C)(=O)=O)sc1S(=O)(=O)Cl. The number of hydrogen-bond donors (Lipinski definition) is 1. The van der Waals surface area contributed by atoms with E-state index >= 15 is 0 Å². The van der Waals surface area contributed by atoms with E-state index in [-0.39, 0.29) is 15.0 Å². The normalized spacial score (nSPS) is 12.4. The molecule has 102 valence electrons. The van der Waals surface area contributed by atoms with Gasteiger partial charge in [-0.1, -0.05) is 11.3 Å². The third-order valence-electron chi connectivity index (χ3n) is 1.62. The van der Waals surface area contributed by atoms with Gasteiger partial charge < -0.3 is 5.32 Å². The lowest BCUT2D eigenvalue weighted by Crippen LogP contribution is -2.21. The molecule has 11 heteroatoms. The predicted octanol–water partition coefficient (Wildman–Crippen LogP) is 0.362. The Bertz CT molecular complexity index is 676. The molecule has 0 unspecified atom stereocenters. The highest BCUT2D eigenvalue weighted by Crippen LogP contribution is 2.29. The van der Waals surface area contributed by atoms with Crippen LogP contribution in [-0.2, 0) is 23.7 Å². The lowest BCUT2D eigenvalue weighted by Gasteiger charge is -1.98. The maximum atomic E-state index is 11.3. The predicted molar refractivity (Wildman–Crippen MR) is 68.2 cm³/mol. The molecule has 0 fully saturated rings. The fraction of sp³-hybridized carbons (Fsp3) is 0.429. The molecule has 0 radical (unpaired) electrons. The van der Waals surface area contributed by atoms with Crippen molar-refractivity contribution in [2.24, 2.45) is 0 Å². The lowest BCUT2D eigenvalue weighted by molar-refractivity contribution is -0.113. The van der Waals surface area contributed by atoms with Crippen LogP contribution in [0.1, 0.15) is 5.69 Å². The van der Waals surface area contributed by atoms with Gasteiger partial charge in [0.05, 0.1) is 5.69 Å². The Hall–Kier alpha value is -0.710. The molecule has 7 nitrogen and oxygen atoms in total. The number of anilines is 1. The fourth-order valence-corrected chi connectivity index (χ4v) is 3.97. The standard InChI is InChI=1S/C7H9ClN2O5S3/c1-4-6(18(8,14)15)16-7(9-4)10-5(11)3-17(2,12)13/h3H2,1-2H3,(H,9,10,11). The molecule has 0 saturated carbocycles. The Balaban J connectivity index is 2.92. The van der Waals surface area contributed by atoms with E-state index in [0.29, 0.717) is 11.3 Å². The molecule has 0 aliphatic carbocycles. The van der Waals surface area contributed by atoms with Crippen molar-refractivity contribution in [1.29, 1.82) is 0 Å². The van der Waals surface area contributed by atoms with Crippen LogP contribution in [-0.4, -0.2) is 39.7 Å². The van der Waals surface area contributed by atoms with Gasteiger partial charge in [0.2, 0.25) is 5.91 Å². The molecule has 1 N–H and O–H groups in total. The first-order valence-electron chi connectivity index (χ1n) is 4.39. The van der Waals surface area contributed by atoms with Crippen molar-refractivity contribution in [3.63, 3.8) is 0 Å². The third-order valence-corrected chi connectivity index (χ3v) is 5.65. The van der Waals surface area contributed by atoms with Gasteiger partial charge in [0.1, 0.15) is 5.75 Å². The lowest BCUT2D eigenvalue weighted by atomic mass is 10.6. The van der Waals surface area contributed by atoms with E-state index in [0.717, 1.165) is 6.26 Å². The molecule has 0 bridgehead atoms. The van der Waals surface area contributed by atoms with Gasteiger partial charge in [-0.25, -0.2) is 21.8 Å². The van der Waals surface area contributed by atoms with Gasteiger partial charge in [-0.3, -0.25) is 4.79 Å². The number of sulfone groups is 1. The second-order valence-electron chi connectivity index (χ2n) is 3.45. The molecule has 0 saturated heterocycles. The summed E-state index contributed by atoms with van der Waals surface area (Å²) in [5, 5.41) is 2.18. The summed E-state index contributed by atoms with van der Waals surface area (Å²) >= 11 is 0.663. The van der Waals surface area contributed by atoms with E-state index in [9.17, 15) is 21.6 Å². The maximum absolute atomic E-state index is 11.3. The largest absolute Gasteiger partial charge is 0.301 e. The minimum atomic E-state index is -3.92. The molecule has 0 aliphatic heterocycles. The molecule has 0 spiro atoms. The van der Waals surface area contributed by atoms with Crippen LogP contribution >= 0.6 is 22.0 Å². The zero-order valence-corrected chi connectivity index (χ0v) is 12.5. The number of nitrogens with one attached hydrogen (secondary N) is 1. The average molecular weight is 333 g/mol. The van der Waals surface area contributed by atoms with Crippen molar-refractivity contribution in [2.75, 3.05) is 17.3 Å². The van der Waals surface area contributed by atoms with Crippen LogP contribution in [0.5, 0.6) is 0 Å². The highest BCUT2D eigenvalue weighted by Gasteiger charge is 2.20. The molecule has 0 aromatic carbocycles. The van der Waals surface area contributed by atoms with Crippen LogP contribution in [0.25, 0.3) is 0 Å². The van der Waals surface area contributed by atoms with E-state index in [1.54, 1.807) is 0 Å². The molecule has 0 atom stereocenters. The number of nitrogens with zero attached hydrogens (tertiary/aromatic N) is 1. The van der Waals surface area contributed by atoms with Gasteiger partial charge in [-0.2, -0.15) is 0 Å². The number of amides is 1. The second-order valence-corrected chi connectivity index (χ2v) is 9.35. The highest BCUT2D eigenvalue weighted by molar-refractivity contribution is 8.15. The highest BCUT2D eigenvalue weighted by atomic mass is 35.7. The summed E-state index contributed by atoms with van der Waals surface area (Å²) < 4.78 is 43.8. The Morgan fingerprint density at radius 3 is 2.33 bits per heavy atom. The molecule has 0 aliphatic rings. The van der Waals surface area contributed by atoms with E-state index in [4.69, 9.17) is 10.7 Å². The summed E-state index contributed by atoms with van der Waals surface area (Å²) in [5.74, 6) is -1.49. The zero-order chi connectivity index (χ0) is 14.1. The van der Waals surface area contributed by atoms with Gasteiger partial charge in [-0.05, 0) is 6.92 Å². The second kappa shape index (κ2) is 5.11. The summed E-state index contributed by atoms with van der Waals surface area (Å²) in [4.78, 5) is 15.1. The molecule has 18 heavy (non-hydrogen) atoms. The number of halogens is 1. The van der Waals surface area contributed by atoms with Crippen molar-refractivity contribution in [3.8, 4) is 0 Å². The minimum absolute atomic E-state index is 0.0135. The quantitative estimate of drug-likeness (QED) is 0.797. The first-order valence-corrected chi connectivity index (χ1v) is 9.57. The zero-order valence-electron chi connectivity index (χ0n) is 9.30. The van der Waals surface area contributed by atoms with Crippen molar-refractivity contribution in [1.82, 2.24) is 4.98 Å². The van der Waals surface area contributed by atoms with Gasteiger partial charge in [-0.15, -0.1) is 0 Å². The molecular weight excluding hydrogens is 324 g/mol. The van der Waals surface area contributed by atoms with Crippen molar-refractivity contribution in [3.05, 3.63) is 5.69 Å². The van der Waals surface area contributed by atoms with Crippen LogP contribution in [0, 0.1) is 6.92 Å². The summed E-state index contributed by atoms with van der Waals surface area (Å²) in [6, 6.07) is 0. The fourth-order valence-electron chi connectivity index (χ4n) is 1.06. The first kappa shape index (κ1) is 15.3. The number of carbonyl (C=O) groups excluding carboxylic acids is 1. The molecular formula is C7H9ClN2O5S3. The van der Waals surface area contributed by atoms with E-state index in [1.807, 2.05) is 0 Å². The van der Waals surface area contributed by atoms with Crippen LogP contribution in [0.3, 0.4) is 0 Å². The number of carbonyl (C=O) groups is 1. The average Bonchev–Trinajstić information content (AvgIpc) is 2.41. The number of rotatable bonds is 4. The monoisotopic (exact) mass is 332 g/mol. The van der Waals surface area contributed by atoms with E-state index in [1.165, 1.54) is 6.92 Å². The van der Waals surface area contributed by atoms with Crippen molar-refractivity contribution < 1.29 is 21.6 Å². The van der Waals surface area contributed by atoms with Crippen LogP contribution in [0.15, 0.2) is 4.21 Å². The molecule has 1 aromatic heterocycles. The van der Waals surface area contributed by atoms with Gasteiger partial charge in [0, 0.05) is 16.9 Å². The third kappa shape index (κ3) is 4.52. The number of aromatic nitrogens is 1.